The molecule has 0 aromatic heterocycles. The second kappa shape index (κ2) is 13.4. The van der Waals surface area contributed by atoms with Crippen molar-refractivity contribution in [3.63, 3.8) is 0 Å². The van der Waals surface area contributed by atoms with Crippen molar-refractivity contribution in [3.8, 4) is 0 Å². The zero-order chi connectivity index (χ0) is 28.6. The number of aryl methyl sites for hydroxylation is 1. The summed E-state index contributed by atoms with van der Waals surface area (Å²) < 4.78 is 5.36. The molecule has 0 heterocycles. The molecular formula is C28H46N4O5. The third-order valence-electron chi connectivity index (χ3n) is 5.64. The number of rotatable bonds is 11. The zero-order valence-corrected chi connectivity index (χ0v) is 23.9. The van der Waals surface area contributed by atoms with Crippen molar-refractivity contribution in [2.75, 3.05) is 0 Å². The largest absolute Gasteiger partial charge is 0.444 e. The molecule has 0 saturated carbocycles. The molecule has 0 aliphatic heterocycles. The summed E-state index contributed by atoms with van der Waals surface area (Å²) in [6.07, 6.45) is 0.732. The van der Waals surface area contributed by atoms with Gasteiger partial charge in [0.2, 0.25) is 17.7 Å². The first kappa shape index (κ1) is 31.9. The normalized spacial score (nSPS) is 14.2. The highest BCUT2D eigenvalue weighted by atomic mass is 16.6. The van der Waals surface area contributed by atoms with E-state index in [1.165, 1.54) is 4.90 Å². The Bertz CT molecular complexity index is 931. The Labute approximate surface area is 221 Å². The molecule has 9 nitrogen and oxygen atoms in total. The maximum Gasteiger partial charge on any atom is 0.408 e. The molecule has 3 unspecified atom stereocenters. The first-order valence-electron chi connectivity index (χ1n) is 12.9. The van der Waals surface area contributed by atoms with E-state index in [0.29, 0.717) is 5.56 Å². The third kappa shape index (κ3) is 10.8. The SMILES string of the molecule is CCCC(C)NC(=O)C(c1ccc(C)cc1)N(C(=O)C(CCC(N)=O)NC(=O)OC(C)(C)C)C(C)(C)C. The second-order valence-electron chi connectivity index (χ2n) is 11.6. The summed E-state index contributed by atoms with van der Waals surface area (Å²) >= 11 is 0. The van der Waals surface area contributed by atoms with Crippen molar-refractivity contribution in [1.82, 2.24) is 15.5 Å². The Morgan fingerprint density at radius 3 is 2.00 bits per heavy atom. The summed E-state index contributed by atoms with van der Waals surface area (Å²) in [6.45, 7) is 16.5. The van der Waals surface area contributed by atoms with Crippen LogP contribution in [0, 0.1) is 6.92 Å². The van der Waals surface area contributed by atoms with Gasteiger partial charge in [0, 0.05) is 18.0 Å². The Hall–Kier alpha value is -3.10. The lowest BCUT2D eigenvalue weighted by atomic mass is 9.94. The fourth-order valence-electron chi connectivity index (χ4n) is 4.00. The number of hydrogen-bond donors (Lipinski definition) is 3. The average molecular weight is 519 g/mol. The van der Waals surface area contributed by atoms with Crippen LogP contribution in [0.3, 0.4) is 0 Å². The van der Waals surface area contributed by atoms with Gasteiger partial charge in [0.1, 0.15) is 17.7 Å². The van der Waals surface area contributed by atoms with Crippen molar-refractivity contribution in [2.24, 2.45) is 5.73 Å². The van der Waals surface area contributed by atoms with Crippen molar-refractivity contribution < 1.29 is 23.9 Å². The number of nitrogens with zero attached hydrogens (tertiary/aromatic N) is 1. The van der Waals surface area contributed by atoms with Gasteiger partial charge in [-0.3, -0.25) is 14.4 Å². The fraction of sp³-hybridized carbons (Fsp3) is 0.643. The molecule has 0 saturated heterocycles. The van der Waals surface area contributed by atoms with E-state index < -0.39 is 41.1 Å². The summed E-state index contributed by atoms with van der Waals surface area (Å²) in [4.78, 5) is 53.5. The maximum absolute atomic E-state index is 14.1. The quantitative estimate of drug-likeness (QED) is 0.405. The summed E-state index contributed by atoms with van der Waals surface area (Å²) in [5, 5.41) is 5.65. The zero-order valence-electron chi connectivity index (χ0n) is 23.9. The van der Waals surface area contributed by atoms with E-state index in [1.807, 2.05) is 65.8 Å². The van der Waals surface area contributed by atoms with Crippen LogP contribution < -0.4 is 16.4 Å². The fourth-order valence-corrected chi connectivity index (χ4v) is 4.00. The van der Waals surface area contributed by atoms with E-state index in [4.69, 9.17) is 10.5 Å². The molecule has 0 radical (unpaired) electrons. The number of nitrogens with two attached hydrogens (primary N) is 1. The van der Waals surface area contributed by atoms with Crippen LogP contribution in [0.5, 0.6) is 0 Å². The van der Waals surface area contributed by atoms with E-state index in [9.17, 15) is 19.2 Å². The molecule has 1 aromatic rings. The van der Waals surface area contributed by atoms with Crippen LogP contribution in [0.1, 0.15) is 98.2 Å². The molecule has 0 bridgehead atoms. The summed E-state index contributed by atoms with van der Waals surface area (Å²) in [7, 11) is 0. The average Bonchev–Trinajstić information content (AvgIpc) is 2.73. The lowest BCUT2D eigenvalue weighted by Crippen LogP contribution is -2.59. The van der Waals surface area contributed by atoms with Gasteiger partial charge in [0.25, 0.3) is 0 Å². The Morgan fingerprint density at radius 2 is 1.54 bits per heavy atom. The van der Waals surface area contributed by atoms with Crippen molar-refractivity contribution in [3.05, 3.63) is 35.4 Å². The number of alkyl carbamates (subject to hydrolysis) is 1. The number of carbonyl (C=O) groups excluding carboxylic acids is 4. The summed E-state index contributed by atoms with van der Waals surface area (Å²) in [6, 6.07) is 5.25. The highest BCUT2D eigenvalue weighted by Crippen LogP contribution is 2.31. The van der Waals surface area contributed by atoms with E-state index >= 15 is 0 Å². The van der Waals surface area contributed by atoms with Crippen LogP contribution in [-0.4, -0.2) is 51.9 Å². The van der Waals surface area contributed by atoms with Gasteiger partial charge >= 0.3 is 6.09 Å². The van der Waals surface area contributed by atoms with Gasteiger partial charge in [-0.2, -0.15) is 0 Å². The third-order valence-corrected chi connectivity index (χ3v) is 5.64. The standard InChI is InChI=1S/C28H46N4O5/c1-10-11-19(3)30-24(34)23(20-14-12-18(2)13-15-20)32(27(4,5)6)25(35)21(16-17-22(29)33)31-26(36)37-28(7,8)9/h12-15,19,21,23H,10-11,16-17H2,1-9H3,(H2,29,33)(H,30,34)(H,31,36). The van der Waals surface area contributed by atoms with Crippen molar-refractivity contribution in [1.29, 1.82) is 0 Å². The van der Waals surface area contributed by atoms with Gasteiger partial charge in [0.15, 0.2) is 0 Å². The van der Waals surface area contributed by atoms with Crippen molar-refractivity contribution in [2.45, 2.75) is 117 Å². The van der Waals surface area contributed by atoms with Crippen LogP contribution in [0.25, 0.3) is 0 Å². The molecule has 37 heavy (non-hydrogen) atoms. The Balaban J connectivity index is 3.56. The molecule has 1 aromatic carbocycles. The van der Waals surface area contributed by atoms with Gasteiger partial charge < -0.3 is 26.0 Å². The number of amides is 4. The monoisotopic (exact) mass is 518 g/mol. The molecule has 0 fully saturated rings. The Kier molecular flexibility index (Phi) is 11.6. The van der Waals surface area contributed by atoms with E-state index in [-0.39, 0.29) is 24.8 Å². The molecule has 0 spiro atoms. The predicted octanol–water partition coefficient (Wildman–Crippen LogP) is 4.13. The lowest BCUT2D eigenvalue weighted by molar-refractivity contribution is -0.149. The minimum atomic E-state index is -1.13. The minimum absolute atomic E-state index is 0.0333. The number of primary amides is 1. The Morgan fingerprint density at radius 1 is 0.973 bits per heavy atom. The lowest BCUT2D eigenvalue weighted by Gasteiger charge is -2.43. The maximum atomic E-state index is 14.1. The minimum Gasteiger partial charge on any atom is -0.444 e. The number of ether oxygens (including phenoxy) is 1. The number of carbonyl (C=O) groups is 4. The highest BCUT2D eigenvalue weighted by Gasteiger charge is 2.42. The first-order valence-corrected chi connectivity index (χ1v) is 12.9. The number of benzene rings is 1. The molecule has 0 aliphatic carbocycles. The van der Waals surface area contributed by atoms with E-state index in [0.717, 1.165) is 18.4 Å². The molecular weight excluding hydrogens is 472 g/mol. The molecule has 4 amide bonds. The molecule has 1 rings (SSSR count). The highest BCUT2D eigenvalue weighted by molar-refractivity contribution is 5.93. The molecule has 9 heteroatoms. The van der Waals surface area contributed by atoms with Gasteiger partial charge in [-0.25, -0.2) is 4.79 Å². The summed E-state index contributed by atoms with van der Waals surface area (Å²) in [5.74, 6) is -1.44. The van der Waals surface area contributed by atoms with Crippen LogP contribution in [-0.2, 0) is 19.1 Å². The van der Waals surface area contributed by atoms with Crippen LogP contribution >= 0.6 is 0 Å². The first-order chi connectivity index (χ1) is 17.0. The van der Waals surface area contributed by atoms with Crippen LogP contribution in [0.2, 0.25) is 0 Å². The molecule has 4 N–H and O–H groups in total. The predicted molar refractivity (Wildman–Crippen MR) is 145 cm³/mol. The molecule has 3 atom stereocenters. The van der Waals surface area contributed by atoms with E-state index in [2.05, 4.69) is 10.6 Å². The van der Waals surface area contributed by atoms with Gasteiger partial charge in [0.05, 0.1) is 0 Å². The van der Waals surface area contributed by atoms with Crippen molar-refractivity contribution >= 4 is 23.8 Å². The van der Waals surface area contributed by atoms with Gasteiger partial charge in [-0.15, -0.1) is 0 Å². The van der Waals surface area contributed by atoms with Gasteiger partial charge in [-0.05, 0) is 73.8 Å². The number of nitrogens with one attached hydrogen (secondary N) is 2. The summed E-state index contributed by atoms with van der Waals surface area (Å²) in [5.41, 5.74) is 5.41. The molecule has 0 aliphatic rings. The smallest absolute Gasteiger partial charge is 0.408 e. The second-order valence-corrected chi connectivity index (χ2v) is 11.6. The van der Waals surface area contributed by atoms with Crippen LogP contribution in [0.4, 0.5) is 4.79 Å². The van der Waals surface area contributed by atoms with Gasteiger partial charge in [-0.1, -0.05) is 43.2 Å². The number of hydrogen-bond acceptors (Lipinski definition) is 5. The van der Waals surface area contributed by atoms with E-state index in [1.54, 1.807) is 20.8 Å². The molecule has 208 valence electrons. The van der Waals surface area contributed by atoms with Crippen LogP contribution in [0.15, 0.2) is 24.3 Å². The topological polar surface area (TPSA) is 131 Å².